The fourth-order valence-electron chi connectivity index (χ4n) is 6.20. The molecule has 3 N–H and O–H groups in total. The number of likely N-dealkylation sites (tertiary alicyclic amines) is 1. The zero-order valence-corrected chi connectivity index (χ0v) is 27.5. The minimum atomic E-state index is -0.645. The SMILES string of the molecule is COCCCn1c(C2CCCN(C(=O)CC(Cc3ccc(-c4ccc(N)cc4)cc3)NC(=O)OC(C)(C)C)C2)nc2ccccc21. The van der Waals surface area contributed by atoms with Crippen molar-refractivity contribution in [2.45, 2.75) is 77.0 Å². The predicted molar refractivity (Wildman–Crippen MR) is 183 cm³/mol. The average Bonchev–Trinajstić information content (AvgIpc) is 3.39. The standard InChI is InChI=1S/C37H47N5O4/c1-37(2,3)46-36(44)39-31(23-26-12-14-27(15-13-26)28-16-18-30(38)19-17-28)24-34(43)41-20-7-9-29(25-41)35-40-32-10-5-6-11-33(32)42(35)21-8-22-45-4/h5-6,10-19,29,31H,7-9,20-25,38H2,1-4H3,(H,39,44). The first-order valence-electron chi connectivity index (χ1n) is 16.3. The van der Waals surface area contributed by atoms with Gasteiger partial charge in [-0.2, -0.15) is 0 Å². The Morgan fingerprint density at radius 1 is 1.02 bits per heavy atom. The van der Waals surface area contributed by atoms with Crippen LogP contribution in [-0.2, 0) is 27.2 Å². The summed E-state index contributed by atoms with van der Waals surface area (Å²) in [6.45, 7) is 8.28. The van der Waals surface area contributed by atoms with Gasteiger partial charge in [-0.1, -0.05) is 48.5 Å². The van der Waals surface area contributed by atoms with Crippen LogP contribution in [0.2, 0.25) is 0 Å². The van der Waals surface area contributed by atoms with E-state index in [-0.39, 0.29) is 18.2 Å². The van der Waals surface area contributed by atoms with Crippen molar-refractivity contribution in [3.05, 3.63) is 84.2 Å². The van der Waals surface area contributed by atoms with Gasteiger partial charge < -0.3 is 30.0 Å². The first-order chi connectivity index (χ1) is 22.1. The van der Waals surface area contributed by atoms with Crippen LogP contribution in [0.3, 0.4) is 0 Å². The Labute approximate surface area is 272 Å². The second-order valence-corrected chi connectivity index (χ2v) is 13.2. The average molecular weight is 626 g/mol. The molecule has 2 heterocycles. The van der Waals surface area contributed by atoms with E-state index >= 15 is 0 Å². The Morgan fingerprint density at radius 3 is 2.41 bits per heavy atom. The number of ether oxygens (including phenoxy) is 2. The highest BCUT2D eigenvalue weighted by Crippen LogP contribution is 2.30. The molecule has 9 heteroatoms. The molecule has 1 aromatic heterocycles. The predicted octanol–water partition coefficient (Wildman–Crippen LogP) is 6.55. The second kappa shape index (κ2) is 14.8. The van der Waals surface area contributed by atoms with Crippen molar-refractivity contribution < 1.29 is 19.1 Å². The number of aryl methyl sites for hydroxylation is 1. The molecule has 244 valence electrons. The Morgan fingerprint density at radius 2 is 1.72 bits per heavy atom. The molecule has 1 aliphatic heterocycles. The number of carbonyl (C=O) groups excluding carboxylic acids is 2. The Bertz CT molecular complexity index is 1610. The van der Waals surface area contributed by atoms with E-state index in [1.165, 1.54) is 0 Å². The number of hydrogen-bond donors (Lipinski definition) is 2. The van der Waals surface area contributed by atoms with Crippen molar-refractivity contribution in [1.29, 1.82) is 0 Å². The maximum Gasteiger partial charge on any atom is 0.407 e. The first kappa shape index (κ1) is 33.0. The van der Waals surface area contributed by atoms with E-state index in [1.54, 1.807) is 7.11 Å². The molecule has 0 spiro atoms. The van der Waals surface area contributed by atoms with Crippen LogP contribution in [-0.4, -0.2) is 64.9 Å². The molecule has 0 radical (unpaired) electrons. The zero-order chi connectivity index (χ0) is 32.7. The number of imidazole rings is 1. The van der Waals surface area contributed by atoms with E-state index in [9.17, 15) is 9.59 Å². The molecule has 0 aliphatic carbocycles. The van der Waals surface area contributed by atoms with Crippen molar-refractivity contribution in [3.8, 4) is 11.1 Å². The lowest BCUT2D eigenvalue weighted by Crippen LogP contribution is -2.46. The van der Waals surface area contributed by atoms with Crippen LogP contribution in [0.25, 0.3) is 22.2 Å². The molecule has 4 aromatic rings. The lowest BCUT2D eigenvalue weighted by molar-refractivity contribution is -0.132. The molecule has 5 rings (SSSR count). The first-order valence-corrected chi connectivity index (χ1v) is 16.3. The van der Waals surface area contributed by atoms with Gasteiger partial charge in [0.1, 0.15) is 11.4 Å². The van der Waals surface area contributed by atoms with Gasteiger partial charge in [-0.25, -0.2) is 9.78 Å². The molecule has 0 bridgehead atoms. The van der Waals surface area contributed by atoms with E-state index in [1.807, 2.05) is 80.3 Å². The van der Waals surface area contributed by atoms with Gasteiger partial charge in [-0.05, 0) is 87.4 Å². The largest absolute Gasteiger partial charge is 0.444 e. The summed E-state index contributed by atoms with van der Waals surface area (Å²) in [5, 5.41) is 2.99. The number of benzene rings is 3. The fourth-order valence-corrected chi connectivity index (χ4v) is 6.20. The lowest BCUT2D eigenvalue weighted by Gasteiger charge is -2.34. The molecule has 46 heavy (non-hydrogen) atoms. The van der Waals surface area contributed by atoms with E-state index in [0.717, 1.165) is 65.0 Å². The zero-order valence-electron chi connectivity index (χ0n) is 27.5. The number of nitrogens with zero attached hydrogens (tertiary/aromatic N) is 3. The molecule has 1 saturated heterocycles. The van der Waals surface area contributed by atoms with Crippen molar-refractivity contribution in [1.82, 2.24) is 19.8 Å². The van der Waals surface area contributed by atoms with Gasteiger partial charge in [0.25, 0.3) is 0 Å². The van der Waals surface area contributed by atoms with Crippen molar-refractivity contribution in [2.75, 3.05) is 32.5 Å². The molecule has 1 aliphatic rings. The highest BCUT2D eigenvalue weighted by molar-refractivity contribution is 5.79. The number of carbonyl (C=O) groups is 2. The minimum absolute atomic E-state index is 0.0197. The Kier molecular flexibility index (Phi) is 10.6. The summed E-state index contributed by atoms with van der Waals surface area (Å²) >= 11 is 0. The number of rotatable bonds is 11. The van der Waals surface area contributed by atoms with Gasteiger partial charge >= 0.3 is 6.09 Å². The highest BCUT2D eigenvalue weighted by atomic mass is 16.6. The lowest BCUT2D eigenvalue weighted by atomic mass is 9.95. The second-order valence-electron chi connectivity index (χ2n) is 13.2. The Balaban J connectivity index is 1.30. The molecule has 1 fully saturated rings. The van der Waals surface area contributed by atoms with Crippen LogP contribution in [0, 0.1) is 0 Å². The Hall–Kier alpha value is -4.37. The van der Waals surface area contributed by atoms with E-state index < -0.39 is 17.7 Å². The number of nitrogens with two attached hydrogens (primary N) is 1. The summed E-state index contributed by atoms with van der Waals surface area (Å²) in [5.41, 5.74) is 11.2. The van der Waals surface area contributed by atoms with Crippen LogP contribution < -0.4 is 11.1 Å². The maximum absolute atomic E-state index is 13.9. The molecule has 9 nitrogen and oxygen atoms in total. The molecule has 2 unspecified atom stereocenters. The number of piperidine rings is 1. The number of aromatic nitrogens is 2. The summed E-state index contributed by atoms with van der Waals surface area (Å²) in [7, 11) is 1.72. The molecule has 0 saturated carbocycles. The van der Waals surface area contributed by atoms with Crippen LogP contribution >= 0.6 is 0 Å². The van der Waals surface area contributed by atoms with Crippen molar-refractivity contribution in [2.24, 2.45) is 0 Å². The fraction of sp³-hybridized carbons (Fsp3) is 0.432. The van der Waals surface area contributed by atoms with Crippen LogP contribution in [0.15, 0.2) is 72.8 Å². The topological polar surface area (TPSA) is 112 Å². The number of nitrogen functional groups attached to an aromatic ring is 1. The summed E-state index contributed by atoms with van der Waals surface area (Å²) < 4.78 is 13.2. The quantitative estimate of drug-likeness (QED) is 0.144. The van der Waals surface area contributed by atoms with Crippen LogP contribution in [0.4, 0.5) is 10.5 Å². The normalized spacial score (nSPS) is 15.9. The van der Waals surface area contributed by atoms with Gasteiger partial charge in [-0.15, -0.1) is 0 Å². The summed E-state index contributed by atoms with van der Waals surface area (Å²) in [4.78, 5) is 33.7. The van der Waals surface area contributed by atoms with E-state index in [4.69, 9.17) is 20.2 Å². The minimum Gasteiger partial charge on any atom is -0.444 e. The monoisotopic (exact) mass is 625 g/mol. The third-order valence-corrected chi connectivity index (χ3v) is 8.38. The summed E-state index contributed by atoms with van der Waals surface area (Å²) in [6.07, 6.45) is 2.91. The van der Waals surface area contributed by atoms with Crippen LogP contribution in [0.5, 0.6) is 0 Å². The highest BCUT2D eigenvalue weighted by Gasteiger charge is 2.30. The molecular formula is C37H47N5O4. The number of amides is 2. The maximum atomic E-state index is 13.9. The van der Waals surface area contributed by atoms with Gasteiger partial charge in [0, 0.05) is 57.4 Å². The molecule has 3 aromatic carbocycles. The third-order valence-electron chi connectivity index (χ3n) is 8.38. The van der Waals surface area contributed by atoms with E-state index in [0.29, 0.717) is 26.1 Å². The smallest absolute Gasteiger partial charge is 0.407 e. The summed E-state index contributed by atoms with van der Waals surface area (Å²) in [6, 6.07) is 23.8. The van der Waals surface area contributed by atoms with E-state index in [2.05, 4.69) is 28.1 Å². The molecule has 2 atom stereocenters. The van der Waals surface area contributed by atoms with Crippen LogP contribution in [0.1, 0.15) is 63.8 Å². The van der Waals surface area contributed by atoms with Gasteiger partial charge in [0.05, 0.1) is 11.0 Å². The number of nitrogens with one attached hydrogen (secondary N) is 1. The molecular weight excluding hydrogens is 578 g/mol. The number of anilines is 1. The number of hydrogen-bond acceptors (Lipinski definition) is 6. The van der Waals surface area contributed by atoms with Gasteiger partial charge in [0.2, 0.25) is 5.91 Å². The number of fused-ring (bicyclic) bond motifs is 1. The number of para-hydroxylation sites is 2. The van der Waals surface area contributed by atoms with Crippen molar-refractivity contribution >= 4 is 28.7 Å². The molecule has 2 amide bonds. The van der Waals surface area contributed by atoms with Crippen molar-refractivity contribution in [3.63, 3.8) is 0 Å². The number of alkyl carbamates (subject to hydrolysis) is 1. The van der Waals surface area contributed by atoms with Gasteiger partial charge in [0.15, 0.2) is 0 Å². The third kappa shape index (κ3) is 8.66. The number of methoxy groups -OCH3 is 1. The summed E-state index contributed by atoms with van der Waals surface area (Å²) in [5.74, 6) is 1.18. The van der Waals surface area contributed by atoms with Gasteiger partial charge in [-0.3, -0.25) is 4.79 Å².